The zero-order chi connectivity index (χ0) is 22.1. The molecule has 1 fully saturated rings. The van der Waals surface area contributed by atoms with Gasteiger partial charge in [0.2, 0.25) is 11.8 Å². The van der Waals surface area contributed by atoms with E-state index in [-0.39, 0.29) is 12.4 Å². The topological polar surface area (TPSA) is 177 Å². The van der Waals surface area contributed by atoms with Gasteiger partial charge in [0.05, 0.1) is 6.04 Å². The van der Waals surface area contributed by atoms with Crippen molar-refractivity contribution in [1.29, 1.82) is 0 Å². The number of carboxylic acids is 1. The predicted octanol–water partition coefficient (Wildman–Crippen LogP) is -0.830. The summed E-state index contributed by atoms with van der Waals surface area (Å²) in [6, 6.07) is 6.70. The van der Waals surface area contributed by atoms with Gasteiger partial charge in [-0.1, -0.05) is 30.3 Å². The summed E-state index contributed by atoms with van der Waals surface area (Å²) in [5, 5.41) is 12.1. The highest BCUT2D eigenvalue weighted by Crippen LogP contribution is 2.19. The lowest BCUT2D eigenvalue weighted by Crippen LogP contribution is -2.54. The summed E-state index contributed by atoms with van der Waals surface area (Å²) >= 11 is 0. The number of hydrogen-bond acceptors (Lipinski definition) is 5. The van der Waals surface area contributed by atoms with Crippen LogP contribution in [0, 0.1) is 0 Å². The van der Waals surface area contributed by atoms with Crippen molar-refractivity contribution in [2.75, 3.05) is 13.1 Å². The van der Waals surface area contributed by atoms with E-state index in [4.69, 9.17) is 17.2 Å². The Kier molecular flexibility index (Phi) is 8.60. The fraction of sp³-hybridized carbons (Fsp3) is 0.500. The van der Waals surface area contributed by atoms with Crippen LogP contribution in [0.15, 0.2) is 35.3 Å². The number of carbonyl (C=O) groups excluding carboxylic acids is 2. The van der Waals surface area contributed by atoms with Crippen molar-refractivity contribution in [2.45, 2.75) is 50.2 Å². The molecule has 164 valence electrons. The Morgan fingerprint density at radius 1 is 1.23 bits per heavy atom. The maximum Gasteiger partial charge on any atom is 0.326 e. The summed E-state index contributed by atoms with van der Waals surface area (Å²) in [4.78, 5) is 42.3. The number of likely N-dealkylation sites (tertiary alicyclic amines) is 1. The summed E-state index contributed by atoms with van der Waals surface area (Å²) in [5.41, 5.74) is 17.6. The molecule has 1 aliphatic rings. The molecule has 10 heteroatoms. The van der Waals surface area contributed by atoms with Gasteiger partial charge >= 0.3 is 5.97 Å². The highest BCUT2D eigenvalue weighted by molar-refractivity contribution is 5.92. The molecule has 2 amide bonds. The number of carboxylic acid groups (broad SMARTS) is 1. The van der Waals surface area contributed by atoms with Crippen molar-refractivity contribution < 1.29 is 19.5 Å². The monoisotopic (exact) mass is 418 g/mol. The molecular formula is C20H30N6O4. The van der Waals surface area contributed by atoms with Crippen molar-refractivity contribution in [1.82, 2.24) is 10.2 Å². The first-order chi connectivity index (χ1) is 14.3. The molecule has 3 atom stereocenters. The Morgan fingerprint density at radius 2 is 1.93 bits per heavy atom. The molecule has 10 nitrogen and oxygen atoms in total. The fourth-order valence-corrected chi connectivity index (χ4v) is 3.49. The lowest BCUT2D eigenvalue weighted by Gasteiger charge is -2.28. The molecule has 8 N–H and O–H groups in total. The number of aliphatic carboxylic acids is 1. The molecule has 1 aromatic rings. The molecule has 1 aromatic carbocycles. The van der Waals surface area contributed by atoms with Gasteiger partial charge in [-0.25, -0.2) is 4.79 Å². The van der Waals surface area contributed by atoms with Crippen molar-refractivity contribution in [2.24, 2.45) is 22.2 Å². The van der Waals surface area contributed by atoms with Gasteiger partial charge in [-0.2, -0.15) is 0 Å². The second kappa shape index (κ2) is 11.1. The summed E-state index contributed by atoms with van der Waals surface area (Å²) in [6.45, 7) is 0.632. The lowest BCUT2D eigenvalue weighted by atomic mass is 10.0. The third-order valence-corrected chi connectivity index (χ3v) is 5.02. The summed E-state index contributed by atoms with van der Waals surface area (Å²) in [6.07, 6.45) is 2.02. The lowest BCUT2D eigenvalue weighted by molar-refractivity contribution is -0.149. The Labute approximate surface area is 175 Å². The predicted molar refractivity (Wildman–Crippen MR) is 112 cm³/mol. The normalized spacial score (nSPS) is 17.8. The Hall–Kier alpha value is -3.14. The Morgan fingerprint density at radius 3 is 2.57 bits per heavy atom. The van der Waals surface area contributed by atoms with Crippen molar-refractivity contribution in [3.8, 4) is 0 Å². The van der Waals surface area contributed by atoms with Crippen LogP contribution in [0.4, 0.5) is 0 Å². The van der Waals surface area contributed by atoms with Crippen LogP contribution in [0.1, 0.15) is 31.2 Å². The minimum atomic E-state index is -1.05. The smallest absolute Gasteiger partial charge is 0.326 e. The van der Waals surface area contributed by atoms with Crippen LogP contribution < -0.4 is 22.5 Å². The first-order valence-corrected chi connectivity index (χ1v) is 9.98. The minimum absolute atomic E-state index is 0.0581. The van der Waals surface area contributed by atoms with Gasteiger partial charge in [0.1, 0.15) is 12.1 Å². The Bertz CT molecular complexity index is 766. The van der Waals surface area contributed by atoms with Crippen LogP contribution in [0.2, 0.25) is 0 Å². The second-order valence-electron chi connectivity index (χ2n) is 7.33. The number of nitrogens with one attached hydrogen (secondary N) is 1. The van der Waals surface area contributed by atoms with Gasteiger partial charge in [0, 0.05) is 13.1 Å². The maximum absolute atomic E-state index is 13.0. The first-order valence-electron chi connectivity index (χ1n) is 9.98. The van der Waals surface area contributed by atoms with E-state index in [1.54, 1.807) is 0 Å². The van der Waals surface area contributed by atoms with E-state index in [0.717, 1.165) is 5.56 Å². The number of benzene rings is 1. The highest BCUT2D eigenvalue weighted by atomic mass is 16.4. The quantitative estimate of drug-likeness (QED) is 0.187. The van der Waals surface area contributed by atoms with Crippen LogP contribution in [0.25, 0.3) is 0 Å². The Balaban J connectivity index is 2.06. The van der Waals surface area contributed by atoms with Crippen LogP contribution >= 0.6 is 0 Å². The average Bonchev–Trinajstić information content (AvgIpc) is 3.20. The van der Waals surface area contributed by atoms with Gasteiger partial charge in [0.25, 0.3) is 0 Å². The minimum Gasteiger partial charge on any atom is -0.480 e. The van der Waals surface area contributed by atoms with Crippen LogP contribution in [-0.4, -0.2) is 65.0 Å². The van der Waals surface area contributed by atoms with Crippen LogP contribution in [0.5, 0.6) is 0 Å². The number of carbonyl (C=O) groups is 3. The van der Waals surface area contributed by atoms with Crippen LogP contribution in [-0.2, 0) is 20.8 Å². The third-order valence-electron chi connectivity index (χ3n) is 5.02. The summed E-state index contributed by atoms with van der Waals surface area (Å²) < 4.78 is 0. The van der Waals surface area contributed by atoms with E-state index >= 15 is 0 Å². The van der Waals surface area contributed by atoms with Crippen molar-refractivity contribution in [3.05, 3.63) is 35.9 Å². The van der Waals surface area contributed by atoms with Crippen molar-refractivity contribution >= 4 is 23.7 Å². The molecule has 0 aliphatic carbocycles. The zero-order valence-electron chi connectivity index (χ0n) is 16.9. The molecule has 0 unspecified atom stereocenters. The maximum atomic E-state index is 13.0. The molecule has 30 heavy (non-hydrogen) atoms. The van der Waals surface area contributed by atoms with E-state index in [1.807, 2.05) is 30.3 Å². The number of aliphatic imine (C=N–C) groups is 1. The van der Waals surface area contributed by atoms with Gasteiger partial charge < -0.3 is 32.5 Å². The fourth-order valence-electron chi connectivity index (χ4n) is 3.49. The van der Waals surface area contributed by atoms with E-state index in [1.165, 1.54) is 4.90 Å². The first kappa shape index (κ1) is 23.1. The zero-order valence-corrected chi connectivity index (χ0v) is 16.9. The van der Waals surface area contributed by atoms with E-state index < -0.39 is 35.9 Å². The molecule has 0 bridgehead atoms. The molecule has 1 aliphatic heterocycles. The number of nitrogens with zero attached hydrogens (tertiary/aromatic N) is 2. The standard InChI is InChI=1S/C20H30N6O4/c21-14(12-13-6-2-1-3-7-13)17(27)25-15(8-4-10-24-20(22)23)18(28)26-11-5-9-16(26)19(29)30/h1-3,6-7,14-16H,4-5,8-12,21H2,(H,25,27)(H,29,30)(H4,22,23,24)/t14-,15+,16+/m1/s1. The molecule has 1 heterocycles. The number of amides is 2. The molecule has 0 aromatic heterocycles. The van der Waals surface area contributed by atoms with Gasteiger partial charge in [-0.05, 0) is 37.7 Å². The third kappa shape index (κ3) is 6.73. The molecule has 0 radical (unpaired) electrons. The van der Waals surface area contributed by atoms with E-state index in [2.05, 4.69) is 10.3 Å². The molecule has 1 saturated heterocycles. The highest BCUT2D eigenvalue weighted by Gasteiger charge is 2.37. The molecule has 2 rings (SSSR count). The summed E-state index contributed by atoms with van der Waals surface area (Å²) in [7, 11) is 0. The number of hydrogen-bond donors (Lipinski definition) is 5. The van der Waals surface area contributed by atoms with E-state index in [0.29, 0.717) is 38.8 Å². The van der Waals surface area contributed by atoms with Gasteiger partial charge in [-0.15, -0.1) is 0 Å². The molecule has 0 saturated carbocycles. The van der Waals surface area contributed by atoms with Crippen LogP contribution in [0.3, 0.4) is 0 Å². The summed E-state index contributed by atoms with van der Waals surface area (Å²) in [5.74, 6) is -2.00. The average molecular weight is 418 g/mol. The number of guanidine groups is 1. The molecular weight excluding hydrogens is 388 g/mol. The van der Waals surface area contributed by atoms with Gasteiger partial charge in [-0.3, -0.25) is 14.6 Å². The number of nitrogens with two attached hydrogens (primary N) is 3. The SMILES string of the molecule is NC(N)=NCCC[C@H](NC(=O)[C@H](N)Cc1ccccc1)C(=O)N1CCC[C@H]1C(=O)O. The van der Waals surface area contributed by atoms with Gasteiger partial charge in [0.15, 0.2) is 5.96 Å². The van der Waals surface area contributed by atoms with Crippen molar-refractivity contribution in [3.63, 3.8) is 0 Å². The second-order valence-corrected chi connectivity index (χ2v) is 7.33. The van der Waals surface area contributed by atoms with E-state index in [9.17, 15) is 19.5 Å². The largest absolute Gasteiger partial charge is 0.480 e. The molecule has 0 spiro atoms. The number of rotatable bonds is 10.